The number of hydrogen-bond donors (Lipinski definition) is 1. The maximum Gasteiger partial charge on any atom is 0.151 e. The molecule has 1 aromatic rings. The summed E-state index contributed by atoms with van der Waals surface area (Å²) in [5, 5.41) is 8.87. The first-order chi connectivity index (χ1) is 6.29. The van der Waals surface area contributed by atoms with Gasteiger partial charge in [-0.15, -0.1) is 12.1 Å². The van der Waals surface area contributed by atoms with Gasteiger partial charge in [0.05, 0.1) is 6.61 Å². The molecule has 0 amide bonds. The van der Waals surface area contributed by atoms with E-state index >= 15 is 0 Å². The number of ether oxygens (including phenoxy) is 2. The number of fused-ring (bicyclic) bond motifs is 1. The summed E-state index contributed by atoms with van der Waals surface area (Å²) in [4.78, 5) is 0. The van der Waals surface area contributed by atoms with Crippen molar-refractivity contribution >= 4 is 0 Å². The number of hydrogen-bond acceptors (Lipinski definition) is 3. The fourth-order valence-corrected chi connectivity index (χ4v) is 1.23. The van der Waals surface area contributed by atoms with Crippen LogP contribution in [0, 0.1) is 13.0 Å². The zero-order valence-electron chi connectivity index (χ0n) is 7.99. The largest absolute Gasteiger partial charge is 0.543 e. The molecular weight excluding hydrogens is 257 g/mol. The van der Waals surface area contributed by atoms with Crippen LogP contribution in [0.15, 0.2) is 12.1 Å². The van der Waals surface area contributed by atoms with Crippen LogP contribution in [0.2, 0.25) is 0 Å². The minimum Gasteiger partial charge on any atom is -0.543 e. The van der Waals surface area contributed by atoms with Gasteiger partial charge in [0.25, 0.3) is 0 Å². The van der Waals surface area contributed by atoms with Gasteiger partial charge in [-0.3, -0.25) is 0 Å². The molecule has 1 aliphatic rings. The summed E-state index contributed by atoms with van der Waals surface area (Å²) in [7, 11) is 0. The summed E-state index contributed by atoms with van der Waals surface area (Å²) < 4.78 is 10.8. The third-order valence-corrected chi connectivity index (χ3v) is 1.93. The minimum absolute atomic E-state index is 0. The summed E-state index contributed by atoms with van der Waals surface area (Å²) in [6.45, 7) is 2.31. The van der Waals surface area contributed by atoms with Gasteiger partial charge >= 0.3 is 0 Å². The molecule has 1 atom stereocenters. The fourth-order valence-electron chi connectivity index (χ4n) is 1.23. The molecule has 0 fully saturated rings. The van der Waals surface area contributed by atoms with Gasteiger partial charge in [-0.2, -0.15) is 11.6 Å². The molecule has 0 saturated carbocycles. The molecule has 1 aliphatic heterocycles. The van der Waals surface area contributed by atoms with Crippen molar-refractivity contribution in [2.75, 3.05) is 13.2 Å². The van der Waals surface area contributed by atoms with Gasteiger partial charge in [0.2, 0.25) is 0 Å². The van der Waals surface area contributed by atoms with Crippen LogP contribution in [0.4, 0.5) is 0 Å². The Labute approximate surface area is 108 Å². The molecule has 1 radical (unpaired) electrons. The summed E-state index contributed by atoms with van der Waals surface area (Å²) >= 11 is 0. The van der Waals surface area contributed by atoms with Crippen LogP contribution >= 0.6 is 0 Å². The van der Waals surface area contributed by atoms with Crippen molar-refractivity contribution in [1.82, 2.24) is 0 Å². The van der Waals surface area contributed by atoms with E-state index in [0.717, 1.165) is 5.56 Å². The van der Waals surface area contributed by atoms with Crippen LogP contribution in [0.5, 0.6) is 11.5 Å². The summed E-state index contributed by atoms with van der Waals surface area (Å²) in [6, 6.07) is 6.81. The summed E-state index contributed by atoms with van der Waals surface area (Å²) in [5.41, 5.74) is 1.00. The first kappa shape index (κ1) is 12.0. The van der Waals surface area contributed by atoms with Crippen LogP contribution < -0.4 is 9.47 Å². The van der Waals surface area contributed by atoms with E-state index in [-0.39, 0.29) is 45.4 Å². The van der Waals surface area contributed by atoms with Crippen molar-refractivity contribution in [2.45, 2.75) is 13.0 Å². The smallest absolute Gasteiger partial charge is 0.151 e. The Balaban J connectivity index is 0.000000980. The Hall–Kier alpha value is -0.116. The molecule has 0 aromatic heterocycles. The molecule has 14 heavy (non-hydrogen) atoms. The normalized spacial score (nSPS) is 18.6. The van der Waals surface area contributed by atoms with Crippen LogP contribution in [-0.4, -0.2) is 24.4 Å². The molecule has 4 heteroatoms. The SMILES string of the molecule is Cc1[c-]c2c(cc1)OCC(CO)O2.[Y]. The van der Waals surface area contributed by atoms with E-state index < -0.39 is 0 Å². The molecule has 1 N–H and O–H groups in total. The van der Waals surface area contributed by atoms with Crippen molar-refractivity contribution in [1.29, 1.82) is 0 Å². The monoisotopic (exact) mass is 268 g/mol. The number of benzene rings is 1. The maximum atomic E-state index is 8.87. The zero-order valence-corrected chi connectivity index (χ0v) is 10.8. The average molecular weight is 268 g/mol. The number of aryl methyl sites for hydroxylation is 1. The van der Waals surface area contributed by atoms with E-state index in [9.17, 15) is 0 Å². The molecule has 1 unspecified atom stereocenters. The predicted molar refractivity (Wildman–Crippen MR) is 47.0 cm³/mol. The van der Waals surface area contributed by atoms with Crippen LogP contribution in [0.1, 0.15) is 5.56 Å². The van der Waals surface area contributed by atoms with Crippen LogP contribution in [-0.2, 0) is 32.7 Å². The van der Waals surface area contributed by atoms with Gasteiger partial charge in [-0.25, -0.2) is 0 Å². The first-order valence-electron chi connectivity index (χ1n) is 4.23. The van der Waals surface area contributed by atoms with Crippen molar-refractivity contribution in [2.24, 2.45) is 0 Å². The van der Waals surface area contributed by atoms with Gasteiger partial charge in [0.1, 0.15) is 6.61 Å². The fraction of sp³-hybridized carbons (Fsp3) is 0.400. The third-order valence-electron chi connectivity index (χ3n) is 1.93. The molecule has 0 spiro atoms. The van der Waals surface area contributed by atoms with Gasteiger partial charge in [-0.05, 0) is 0 Å². The van der Waals surface area contributed by atoms with E-state index in [2.05, 4.69) is 6.07 Å². The van der Waals surface area contributed by atoms with E-state index in [1.807, 2.05) is 19.1 Å². The topological polar surface area (TPSA) is 38.7 Å². The number of aliphatic hydroxyl groups is 1. The Morgan fingerprint density at radius 2 is 2.36 bits per heavy atom. The van der Waals surface area contributed by atoms with Crippen molar-refractivity contribution in [3.8, 4) is 11.5 Å². The summed E-state index contributed by atoms with van der Waals surface area (Å²) in [5.74, 6) is 1.31. The van der Waals surface area contributed by atoms with Gasteiger partial charge in [0, 0.05) is 44.2 Å². The Morgan fingerprint density at radius 1 is 1.57 bits per heavy atom. The Morgan fingerprint density at radius 3 is 3.07 bits per heavy atom. The van der Waals surface area contributed by atoms with Crippen molar-refractivity contribution in [3.63, 3.8) is 0 Å². The van der Waals surface area contributed by atoms with E-state index in [0.29, 0.717) is 18.1 Å². The van der Waals surface area contributed by atoms with Gasteiger partial charge in [-0.1, -0.05) is 6.92 Å². The second-order valence-corrected chi connectivity index (χ2v) is 3.07. The number of aliphatic hydroxyl groups excluding tert-OH is 1. The second-order valence-electron chi connectivity index (χ2n) is 3.07. The molecule has 73 valence electrons. The second kappa shape index (κ2) is 5.10. The Bertz CT molecular complexity index is 314. The molecule has 2 rings (SSSR count). The standard InChI is InChI=1S/C10H11O3.Y/c1-7-2-3-9-10(4-7)13-8(5-11)6-12-9;/h2-3,8,11H,5-6H2,1H3;/q-1;. The molecule has 0 aliphatic carbocycles. The van der Waals surface area contributed by atoms with Gasteiger partial charge < -0.3 is 14.6 Å². The molecule has 0 bridgehead atoms. The predicted octanol–water partition coefficient (Wildman–Crippen LogP) is 0.925. The first-order valence-corrected chi connectivity index (χ1v) is 4.23. The van der Waals surface area contributed by atoms with Crippen molar-refractivity contribution < 1.29 is 47.3 Å². The van der Waals surface area contributed by atoms with E-state index in [1.165, 1.54) is 0 Å². The van der Waals surface area contributed by atoms with E-state index in [1.54, 1.807) is 0 Å². The molecule has 1 heterocycles. The van der Waals surface area contributed by atoms with E-state index in [4.69, 9.17) is 14.6 Å². The van der Waals surface area contributed by atoms with Crippen LogP contribution in [0.25, 0.3) is 0 Å². The molecule has 1 aromatic carbocycles. The summed E-state index contributed by atoms with van der Waals surface area (Å²) in [6.07, 6.45) is -0.259. The van der Waals surface area contributed by atoms with Crippen molar-refractivity contribution in [3.05, 3.63) is 23.8 Å². The quantitative estimate of drug-likeness (QED) is 0.770. The average Bonchev–Trinajstić information content (AvgIpc) is 2.16. The minimum atomic E-state index is -0.259. The molecule has 3 nitrogen and oxygen atoms in total. The molecular formula is C10H11O3Y-. The third kappa shape index (κ3) is 2.47. The van der Waals surface area contributed by atoms with Gasteiger partial charge in [0.15, 0.2) is 6.10 Å². The van der Waals surface area contributed by atoms with Crippen LogP contribution in [0.3, 0.4) is 0 Å². The zero-order chi connectivity index (χ0) is 9.26. The Kier molecular flexibility index (Phi) is 4.36. The maximum absolute atomic E-state index is 8.87. The number of rotatable bonds is 1. The molecule has 0 saturated heterocycles.